The third kappa shape index (κ3) is 7.49. The molecule has 0 saturated heterocycles. The van der Waals surface area contributed by atoms with Gasteiger partial charge in [-0.1, -0.05) is 29.3 Å². The number of aliphatic hydroxyl groups excluding tert-OH is 2. The topological polar surface area (TPSA) is 74.6 Å². The van der Waals surface area contributed by atoms with E-state index in [-0.39, 0.29) is 31.2 Å². The standard InChI is InChI=1S/C17H22Cl2O4S2/c1-11(22)16(15(23)4-7-24-8-5-20)17(25-9-6-21)12-2-3-13(18)14(19)10-12/h2-3,10,16-17,20-21H,4-9H2,1H3/t16-,17+/m1/s1. The van der Waals surface area contributed by atoms with Crippen LogP contribution in [-0.2, 0) is 9.59 Å². The van der Waals surface area contributed by atoms with Crippen LogP contribution in [0.1, 0.15) is 24.2 Å². The number of thioether (sulfide) groups is 2. The summed E-state index contributed by atoms with van der Waals surface area (Å²) in [6, 6.07) is 5.07. The minimum absolute atomic E-state index is 0.0480. The third-order valence-corrected chi connectivity index (χ3v) is 6.50. The Labute approximate surface area is 166 Å². The summed E-state index contributed by atoms with van der Waals surface area (Å²) in [5.74, 6) is 0.373. The van der Waals surface area contributed by atoms with Gasteiger partial charge in [0.25, 0.3) is 0 Å². The maximum Gasteiger partial charge on any atom is 0.145 e. The Hall–Kier alpha value is -0.240. The number of ketones is 2. The van der Waals surface area contributed by atoms with Crippen LogP contribution in [0.5, 0.6) is 0 Å². The van der Waals surface area contributed by atoms with Gasteiger partial charge < -0.3 is 10.2 Å². The molecule has 0 spiro atoms. The first-order chi connectivity index (χ1) is 11.9. The molecule has 0 amide bonds. The van der Waals surface area contributed by atoms with Crippen molar-refractivity contribution in [1.29, 1.82) is 0 Å². The van der Waals surface area contributed by atoms with Crippen LogP contribution in [0.15, 0.2) is 18.2 Å². The van der Waals surface area contributed by atoms with Gasteiger partial charge >= 0.3 is 0 Å². The minimum Gasteiger partial charge on any atom is -0.396 e. The molecular weight excluding hydrogens is 403 g/mol. The van der Waals surface area contributed by atoms with Gasteiger partial charge in [0.2, 0.25) is 0 Å². The molecule has 8 heteroatoms. The normalized spacial score (nSPS) is 13.5. The molecule has 0 aliphatic heterocycles. The van der Waals surface area contributed by atoms with Crippen molar-refractivity contribution >= 4 is 58.3 Å². The van der Waals surface area contributed by atoms with Crippen LogP contribution < -0.4 is 0 Å². The number of Topliss-reactive ketones (excluding diaryl/α,β-unsaturated/α-hetero) is 2. The number of benzene rings is 1. The SMILES string of the molecule is CC(=O)[C@H](C(=O)CCSCCO)[C@@H](SCCO)c1ccc(Cl)c(Cl)c1. The fourth-order valence-electron chi connectivity index (χ4n) is 2.36. The minimum atomic E-state index is -0.802. The highest BCUT2D eigenvalue weighted by atomic mass is 35.5. The molecule has 4 nitrogen and oxygen atoms in total. The summed E-state index contributed by atoms with van der Waals surface area (Å²) in [5, 5.41) is 18.3. The third-order valence-electron chi connectivity index (χ3n) is 3.48. The van der Waals surface area contributed by atoms with Gasteiger partial charge in [-0.2, -0.15) is 23.5 Å². The monoisotopic (exact) mass is 424 g/mol. The van der Waals surface area contributed by atoms with Crippen molar-refractivity contribution in [2.75, 3.05) is 30.5 Å². The van der Waals surface area contributed by atoms with Crippen molar-refractivity contribution in [2.45, 2.75) is 18.6 Å². The molecule has 0 aliphatic rings. The first-order valence-corrected chi connectivity index (χ1v) is 10.8. The summed E-state index contributed by atoms with van der Waals surface area (Å²) in [5.41, 5.74) is 0.740. The molecule has 140 valence electrons. The maximum atomic E-state index is 12.6. The molecule has 2 atom stereocenters. The Kier molecular flexibility index (Phi) is 11.1. The molecular formula is C17H22Cl2O4S2. The molecule has 2 N–H and O–H groups in total. The van der Waals surface area contributed by atoms with E-state index in [4.69, 9.17) is 33.4 Å². The Balaban J connectivity index is 3.02. The van der Waals surface area contributed by atoms with Crippen molar-refractivity contribution in [1.82, 2.24) is 0 Å². The smallest absolute Gasteiger partial charge is 0.145 e. The number of halogens is 2. The molecule has 0 unspecified atom stereocenters. The molecule has 1 rings (SSSR count). The van der Waals surface area contributed by atoms with Gasteiger partial charge in [-0.25, -0.2) is 0 Å². The van der Waals surface area contributed by atoms with Crippen molar-refractivity contribution in [2.24, 2.45) is 5.92 Å². The Bertz CT molecular complexity index is 584. The second-order valence-electron chi connectivity index (χ2n) is 5.33. The molecule has 0 fully saturated rings. The van der Waals surface area contributed by atoms with Crippen molar-refractivity contribution in [3.8, 4) is 0 Å². The van der Waals surface area contributed by atoms with Gasteiger partial charge in [0.05, 0.1) is 29.2 Å². The average molecular weight is 425 g/mol. The van der Waals surface area contributed by atoms with E-state index in [1.807, 2.05) is 0 Å². The lowest BCUT2D eigenvalue weighted by atomic mass is 9.90. The molecule has 0 saturated carbocycles. The maximum absolute atomic E-state index is 12.6. The Morgan fingerprint density at radius 3 is 2.32 bits per heavy atom. The summed E-state index contributed by atoms with van der Waals surface area (Å²) in [4.78, 5) is 24.8. The number of carbonyl (C=O) groups is 2. The molecule has 0 aromatic heterocycles. The summed E-state index contributed by atoms with van der Waals surface area (Å²) in [6.45, 7) is 1.42. The highest BCUT2D eigenvalue weighted by molar-refractivity contribution is 7.99. The molecule has 1 aromatic carbocycles. The van der Waals surface area contributed by atoms with Gasteiger partial charge in [-0.05, 0) is 24.6 Å². The van der Waals surface area contributed by atoms with E-state index < -0.39 is 11.2 Å². The van der Waals surface area contributed by atoms with Crippen LogP contribution in [-0.4, -0.2) is 52.3 Å². The Morgan fingerprint density at radius 2 is 1.76 bits per heavy atom. The van der Waals surface area contributed by atoms with Crippen molar-refractivity contribution in [3.63, 3.8) is 0 Å². The predicted molar refractivity (Wildman–Crippen MR) is 107 cm³/mol. The van der Waals surface area contributed by atoms with Crippen LogP contribution >= 0.6 is 46.7 Å². The van der Waals surface area contributed by atoms with Gasteiger partial charge in [-0.15, -0.1) is 0 Å². The largest absolute Gasteiger partial charge is 0.396 e. The molecule has 0 bridgehead atoms. The van der Waals surface area contributed by atoms with E-state index >= 15 is 0 Å². The van der Waals surface area contributed by atoms with Crippen LogP contribution in [0.3, 0.4) is 0 Å². The summed E-state index contributed by atoms with van der Waals surface area (Å²) >= 11 is 14.9. The summed E-state index contributed by atoms with van der Waals surface area (Å²) in [7, 11) is 0. The zero-order valence-electron chi connectivity index (χ0n) is 13.9. The molecule has 0 aliphatic carbocycles. The van der Waals surface area contributed by atoms with E-state index in [0.717, 1.165) is 5.56 Å². The second kappa shape index (κ2) is 12.2. The van der Waals surface area contributed by atoms with E-state index in [2.05, 4.69) is 0 Å². The number of carbonyl (C=O) groups excluding carboxylic acids is 2. The molecule has 25 heavy (non-hydrogen) atoms. The van der Waals surface area contributed by atoms with E-state index in [1.165, 1.54) is 30.4 Å². The summed E-state index contributed by atoms with van der Waals surface area (Å²) in [6.07, 6.45) is 0.256. The number of hydrogen-bond donors (Lipinski definition) is 2. The first-order valence-electron chi connectivity index (χ1n) is 7.81. The predicted octanol–water partition coefficient (Wildman–Crippen LogP) is 3.65. The van der Waals surface area contributed by atoms with E-state index in [1.54, 1.807) is 18.2 Å². The molecule has 1 aromatic rings. The first kappa shape index (κ1) is 22.8. The summed E-state index contributed by atoms with van der Waals surface area (Å²) < 4.78 is 0. The number of hydrogen-bond acceptors (Lipinski definition) is 6. The van der Waals surface area contributed by atoms with Crippen molar-refractivity contribution < 1.29 is 19.8 Å². The lowest BCUT2D eigenvalue weighted by Crippen LogP contribution is -2.28. The van der Waals surface area contributed by atoms with E-state index in [0.29, 0.717) is 27.3 Å². The molecule has 0 heterocycles. The van der Waals surface area contributed by atoms with Crippen LogP contribution in [0.4, 0.5) is 0 Å². The quantitative estimate of drug-likeness (QED) is 0.393. The Morgan fingerprint density at radius 1 is 1.08 bits per heavy atom. The van der Waals surface area contributed by atoms with Crippen LogP contribution in [0.2, 0.25) is 10.0 Å². The lowest BCUT2D eigenvalue weighted by Gasteiger charge is -2.24. The number of aliphatic hydroxyl groups is 2. The van der Waals surface area contributed by atoms with Gasteiger partial charge in [0.15, 0.2) is 0 Å². The van der Waals surface area contributed by atoms with Crippen molar-refractivity contribution in [3.05, 3.63) is 33.8 Å². The van der Waals surface area contributed by atoms with Gasteiger partial charge in [-0.3, -0.25) is 9.59 Å². The lowest BCUT2D eigenvalue weighted by molar-refractivity contribution is -0.131. The van der Waals surface area contributed by atoms with Crippen LogP contribution in [0, 0.1) is 5.92 Å². The fraction of sp³-hybridized carbons (Fsp3) is 0.529. The number of rotatable bonds is 12. The highest BCUT2D eigenvalue weighted by Gasteiger charge is 2.33. The zero-order chi connectivity index (χ0) is 18.8. The zero-order valence-corrected chi connectivity index (χ0v) is 17.1. The van der Waals surface area contributed by atoms with Gasteiger partial charge in [0.1, 0.15) is 11.6 Å². The highest BCUT2D eigenvalue weighted by Crippen LogP contribution is 2.39. The molecule has 0 radical (unpaired) electrons. The second-order valence-corrected chi connectivity index (χ2v) is 8.62. The van der Waals surface area contributed by atoms with Crippen LogP contribution in [0.25, 0.3) is 0 Å². The van der Waals surface area contributed by atoms with Gasteiger partial charge in [0, 0.05) is 28.9 Å². The fourth-order valence-corrected chi connectivity index (χ4v) is 4.58. The van der Waals surface area contributed by atoms with E-state index in [9.17, 15) is 9.59 Å². The average Bonchev–Trinajstić information content (AvgIpc) is 2.57.